The van der Waals surface area contributed by atoms with E-state index in [9.17, 15) is 18.0 Å². The second-order valence-electron chi connectivity index (χ2n) is 6.03. The van der Waals surface area contributed by atoms with Crippen LogP contribution in [0, 0.1) is 0 Å². The van der Waals surface area contributed by atoms with Crippen molar-refractivity contribution in [3.05, 3.63) is 29.0 Å². The molecule has 1 aliphatic heterocycles. The van der Waals surface area contributed by atoms with Gasteiger partial charge in [-0.3, -0.25) is 4.79 Å². The Bertz CT molecular complexity index is 753. The molecule has 1 fully saturated rings. The first-order valence-corrected chi connectivity index (χ1v) is 10.2. The van der Waals surface area contributed by atoms with Gasteiger partial charge in [0.2, 0.25) is 0 Å². The molecule has 0 bridgehead atoms. The lowest BCUT2D eigenvalue weighted by molar-refractivity contribution is -0.138. The quantitative estimate of drug-likeness (QED) is 0.544. The van der Waals surface area contributed by atoms with Crippen molar-refractivity contribution in [1.29, 1.82) is 0 Å². The molecule has 1 aliphatic rings. The monoisotopic (exact) mass is 388 g/mol. The predicted molar refractivity (Wildman–Crippen MR) is 93.2 cm³/mol. The molecule has 0 aromatic carbocycles. The number of sulfone groups is 1. The fourth-order valence-corrected chi connectivity index (χ4v) is 4.73. The van der Waals surface area contributed by atoms with Gasteiger partial charge in [-0.1, -0.05) is 18.5 Å². The SMILES string of the molecule is CC[C@@H](C)N(C(=O)COC(=O)c1cccnc1Cl)[C@H]1CCS(=O)(=O)C1. The molecule has 2 atom stereocenters. The van der Waals surface area contributed by atoms with E-state index >= 15 is 0 Å². The summed E-state index contributed by atoms with van der Waals surface area (Å²) in [5.74, 6) is -1.13. The Morgan fingerprint density at radius 2 is 2.20 bits per heavy atom. The number of aromatic nitrogens is 1. The molecule has 1 saturated heterocycles. The zero-order valence-electron chi connectivity index (χ0n) is 14.1. The number of amides is 1. The molecule has 1 aromatic rings. The van der Waals surface area contributed by atoms with Crippen LogP contribution in [0.1, 0.15) is 37.0 Å². The van der Waals surface area contributed by atoms with Gasteiger partial charge in [-0.05, 0) is 31.9 Å². The predicted octanol–water partition coefficient (Wildman–Crippen LogP) is 1.71. The summed E-state index contributed by atoms with van der Waals surface area (Å²) in [6, 6.07) is 2.47. The van der Waals surface area contributed by atoms with Crippen molar-refractivity contribution < 1.29 is 22.7 Å². The second-order valence-corrected chi connectivity index (χ2v) is 8.62. The molecule has 7 nitrogen and oxygen atoms in total. The lowest BCUT2D eigenvalue weighted by Crippen LogP contribution is -2.48. The molecule has 138 valence electrons. The summed E-state index contributed by atoms with van der Waals surface area (Å²) in [5.41, 5.74) is 0.0792. The number of esters is 1. The molecule has 0 saturated carbocycles. The van der Waals surface area contributed by atoms with E-state index in [1.807, 2.05) is 13.8 Å². The molecule has 25 heavy (non-hydrogen) atoms. The van der Waals surface area contributed by atoms with Crippen molar-refractivity contribution >= 4 is 33.3 Å². The Balaban J connectivity index is 2.05. The number of nitrogens with zero attached hydrogens (tertiary/aromatic N) is 2. The van der Waals surface area contributed by atoms with E-state index in [1.165, 1.54) is 17.2 Å². The van der Waals surface area contributed by atoms with Crippen molar-refractivity contribution in [3.8, 4) is 0 Å². The molecule has 0 spiro atoms. The smallest absolute Gasteiger partial charge is 0.341 e. The molecule has 0 N–H and O–H groups in total. The van der Waals surface area contributed by atoms with E-state index in [1.54, 1.807) is 6.07 Å². The number of rotatable bonds is 6. The lowest BCUT2D eigenvalue weighted by Gasteiger charge is -2.33. The van der Waals surface area contributed by atoms with Crippen LogP contribution in [-0.4, -0.2) is 60.4 Å². The number of hydrogen-bond acceptors (Lipinski definition) is 6. The van der Waals surface area contributed by atoms with Crippen LogP contribution in [0.15, 0.2) is 18.3 Å². The number of hydrogen-bond donors (Lipinski definition) is 0. The van der Waals surface area contributed by atoms with Crippen LogP contribution >= 0.6 is 11.6 Å². The van der Waals surface area contributed by atoms with Gasteiger partial charge < -0.3 is 9.64 Å². The van der Waals surface area contributed by atoms with Gasteiger partial charge in [-0.15, -0.1) is 0 Å². The van der Waals surface area contributed by atoms with Crippen LogP contribution in [0.2, 0.25) is 5.15 Å². The molecule has 1 amide bonds. The molecule has 1 aromatic heterocycles. The first-order chi connectivity index (χ1) is 11.7. The van der Waals surface area contributed by atoms with Gasteiger partial charge in [0.25, 0.3) is 5.91 Å². The fourth-order valence-electron chi connectivity index (χ4n) is 2.82. The topological polar surface area (TPSA) is 93.6 Å². The van der Waals surface area contributed by atoms with E-state index < -0.39 is 28.3 Å². The highest BCUT2D eigenvalue weighted by atomic mass is 35.5. The largest absolute Gasteiger partial charge is 0.452 e. The molecule has 0 unspecified atom stereocenters. The Morgan fingerprint density at radius 1 is 1.48 bits per heavy atom. The van der Waals surface area contributed by atoms with Gasteiger partial charge in [0, 0.05) is 18.3 Å². The summed E-state index contributed by atoms with van der Waals surface area (Å²) in [6.07, 6.45) is 2.51. The Hall–Kier alpha value is -1.67. The molecule has 0 radical (unpaired) electrons. The Labute approximate surface area is 152 Å². The van der Waals surface area contributed by atoms with Crippen LogP contribution in [0.5, 0.6) is 0 Å². The van der Waals surface area contributed by atoms with Gasteiger partial charge in [-0.2, -0.15) is 0 Å². The minimum absolute atomic E-state index is 0.000572. The fraction of sp³-hybridized carbons (Fsp3) is 0.562. The van der Waals surface area contributed by atoms with E-state index in [0.29, 0.717) is 12.8 Å². The van der Waals surface area contributed by atoms with Gasteiger partial charge in [0.15, 0.2) is 16.4 Å². The summed E-state index contributed by atoms with van der Waals surface area (Å²) in [5, 5.41) is 0.000572. The van der Waals surface area contributed by atoms with Crippen molar-refractivity contribution in [2.45, 2.75) is 38.8 Å². The molecule has 2 heterocycles. The van der Waals surface area contributed by atoms with Gasteiger partial charge in [0.05, 0.1) is 17.1 Å². The normalized spacial score (nSPS) is 20.0. The highest BCUT2D eigenvalue weighted by molar-refractivity contribution is 7.91. The molecule has 0 aliphatic carbocycles. The molecule has 2 rings (SSSR count). The molecular weight excluding hydrogens is 368 g/mol. The third-order valence-corrected chi connectivity index (χ3v) is 6.31. The van der Waals surface area contributed by atoms with Crippen molar-refractivity contribution in [2.75, 3.05) is 18.1 Å². The minimum Gasteiger partial charge on any atom is -0.452 e. The Morgan fingerprint density at radius 3 is 2.76 bits per heavy atom. The maximum absolute atomic E-state index is 12.6. The lowest BCUT2D eigenvalue weighted by atomic mass is 10.1. The molecular formula is C16H21ClN2O5S. The van der Waals surface area contributed by atoms with Crippen molar-refractivity contribution in [1.82, 2.24) is 9.88 Å². The van der Waals surface area contributed by atoms with E-state index in [2.05, 4.69) is 4.98 Å². The number of halogens is 1. The standard InChI is InChI=1S/C16H21ClN2O5S/c1-3-11(2)19(12-6-8-25(22,23)10-12)14(20)9-24-16(21)13-5-4-7-18-15(13)17/h4-5,7,11-12H,3,6,8-10H2,1-2H3/t11-,12+/m1/s1. The number of ether oxygens (including phenoxy) is 1. The number of carbonyl (C=O) groups is 2. The third-order valence-electron chi connectivity index (χ3n) is 4.26. The van der Waals surface area contributed by atoms with Crippen LogP contribution < -0.4 is 0 Å². The summed E-state index contributed by atoms with van der Waals surface area (Å²) < 4.78 is 28.5. The maximum atomic E-state index is 12.6. The highest BCUT2D eigenvalue weighted by Crippen LogP contribution is 2.22. The second kappa shape index (κ2) is 8.14. The van der Waals surface area contributed by atoms with Gasteiger partial charge >= 0.3 is 5.97 Å². The minimum atomic E-state index is -3.12. The highest BCUT2D eigenvalue weighted by Gasteiger charge is 2.36. The maximum Gasteiger partial charge on any atom is 0.341 e. The van der Waals surface area contributed by atoms with E-state index in [4.69, 9.17) is 16.3 Å². The summed E-state index contributed by atoms with van der Waals surface area (Å²) in [7, 11) is -3.12. The summed E-state index contributed by atoms with van der Waals surface area (Å²) >= 11 is 5.83. The van der Waals surface area contributed by atoms with E-state index in [0.717, 1.165) is 0 Å². The third kappa shape index (κ3) is 4.92. The summed E-state index contributed by atoms with van der Waals surface area (Å²) in [4.78, 5) is 29.9. The van der Waals surface area contributed by atoms with Crippen LogP contribution in [-0.2, 0) is 19.4 Å². The van der Waals surface area contributed by atoms with E-state index in [-0.39, 0.29) is 34.3 Å². The van der Waals surface area contributed by atoms with Gasteiger partial charge in [-0.25, -0.2) is 18.2 Å². The molecule has 9 heteroatoms. The average Bonchev–Trinajstić information content (AvgIpc) is 2.92. The average molecular weight is 389 g/mol. The van der Waals surface area contributed by atoms with Crippen molar-refractivity contribution in [2.24, 2.45) is 0 Å². The van der Waals surface area contributed by atoms with Gasteiger partial charge in [0.1, 0.15) is 5.15 Å². The summed E-state index contributed by atoms with van der Waals surface area (Å²) in [6.45, 7) is 3.30. The number of carbonyl (C=O) groups excluding carboxylic acids is 2. The van der Waals surface area contributed by atoms with Crippen LogP contribution in [0.4, 0.5) is 0 Å². The zero-order valence-corrected chi connectivity index (χ0v) is 15.7. The van der Waals surface area contributed by atoms with Crippen molar-refractivity contribution in [3.63, 3.8) is 0 Å². The first-order valence-electron chi connectivity index (χ1n) is 8.04. The van der Waals surface area contributed by atoms with Crippen LogP contribution in [0.25, 0.3) is 0 Å². The zero-order chi connectivity index (χ0) is 18.6. The van der Waals surface area contributed by atoms with Crippen LogP contribution in [0.3, 0.4) is 0 Å². The first kappa shape index (κ1) is 19.7. The number of pyridine rings is 1. The Kier molecular flexibility index (Phi) is 6.40.